The molecule has 5 N–H and O–H groups in total. The van der Waals surface area contributed by atoms with Crippen LogP contribution in [0.25, 0.3) is 0 Å². The number of rotatable bonds is 2. The van der Waals surface area contributed by atoms with Crippen LogP contribution < -0.4 is 16.8 Å². The van der Waals surface area contributed by atoms with Crippen LogP contribution in [0.1, 0.15) is 10.4 Å². The Balaban J connectivity index is 2.21. The minimum Gasteiger partial charge on any atom is -0.399 e. The van der Waals surface area contributed by atoms with E-state index in [1.807, 2.05) is 0 Å². The van der Waals surface area contributed by atoms with Gasteiger partial charge in [-0.3, -0.25) is 4.79 Å². The summed E-state index contributed by atoms with van der Waals surface area (Å²) < 4.78 is 0. The standard InChI is InChI=1S/C11H11N5O/c12-7-3-4-8(9(13)6-7)11(17)15-10-2-1-5-14-16-10/h1-6H,12-13H2,(H,15,16,17). The summed E-state index contributed by atoms with van der Waals surface area (Å²) in [5, 5.41) is 9.98. The molecule has 1 heterocycles. The first-order valence-electron chi connectivity index (χ1n) is 4.91. The number of aromatic nitrogens is 2. The first-order valence-corrected chi connectivity index (χ1v) is 4.91. The van der Waals surface area contributed by atoms with E-state index in [0.717, 1.165) is 0 Å². The Hall–Kier alpha value is -2.63. The molecule has 0 atom stereocenters. The van der Waals surface area contributed by atoms with Crippen LogP contribution in [0.4, 0.5) is 17.2 Å². The van der Waals surface area contributed by atoms with Gasteiger partial charge < -0.3 is 16.8 Å². The maximum Gasteiger partial charge on any atom is 0.258 e. The summed E-state index contributed by atoms with van der Waals surface area (Å²) in [7, 11) is 0. The van der Waals surface area contributed by atoms with E-state index < -0.39 is 0 Å². The van der Waals surface area contributed by atoms with E-state index in [-0.39, 0.29) is 5.91 Å². The van der Waals surface area contributed by atoms with Crippen LogP contribution in [0.15, 0.2) is 36.5 Å². The van der Waals surface area contributed by atoms with Crippen molar-refractivity contribution in [2.24, 2.45) is 0 Å². The van der Waals surface area contributed by atoms with Crippen molar-refractivity contribution < 1.29 is 4.79 Å². The van der Waals surface area contributed by atoms with Gasteiger partial charge in [-0.15, -0.1) is 5.10 Å². The van der Waals surface area contributed by atoms with E-state index in [1.165, 1.54) is 12.3 Å². The van der Waals surface area contributed by atoms with Crippen molar-refractivity contribution in [2.45, 2.75) is 0 Å². The monoisotopic (exact) mass is 229 g/mol. The van der Waals surface area contributed by atoms with Crippen LogP contribution in [0.5, 0.6) is 0 Å². The highest BCUT2D eigenvalue weighted by molar-refractivity contribution is 6.07. The van der Waals surface area contributed by atoms with Crippen LogP contribution in [0, 0.1) is 0 Å². The summed E-state index contributed by atoms with van der Waals surface area (Å²) in [5.74, 6) is 0.0247. The summed E-state index contributed by atoms with van der Waals surface area (Å²) in [6.45, 7) is 0. The summed E-state index contributed by atoms with van der Waals surface area (Å²) in [6, 6.07) is 8.03. The number of benzene rings is 1. The van der Waals surface area contributed by atoms with Gasteiger partial charge in [0.05, 0.1) is 5.56 Å². The highest BCUT2D eigenvalue weighted by Crippen LogP contribution is 2.16. The van der Waals surface area contributed by atoms with Gasteiger partial charge in [-0.2, -0.15) is 5.10 Å². The van der Waals surface area contributed by atoms with E-state index in [9.17, 15) is 4.79 Å². The third-order valence-corrected chi connectivity index (χ3v) is 2.13. The molecule has 0 saturated heterocycles. The van der Waals surface area contributed by atoms with Crippen LogP contribution in [-0.2, 0) is 0 Å². The highest BCUT2D eigenvalue weighted by Gasteiger charge is 2.10. The van der Waals surface area contributed by atoms with Crippen molar-refractivity contribution in [1.29, 1.82) is 0 Å². The van der Waals surface area contributed by atoms with Crippen molar-refractivity contribution >= 4 is 23.1 Å². The predicted molar refractivity (Wildman–Crippen MR) is 65.3 cm³/mol. The Morgan fingerprint density at radius 2 is 2.06 bits per heavy atom. The van der Waals surface area contributed by atoms with Crippen molar-refractivity contribution in [3.63, 3.8) is 0 Å². The van der Waals surface area contributed by atoms with E-state index in [1.54, 1.807) is 24.3 Å². The van der Waals surface area contributed by atoms with Crippen LogP contribution in [0.3, 0.4) is 0 Å². The van der Waals surface area contributed by atoms with Crippen LogP contribution in [0.2, 0.25) is 0 Å². The van der Waals surface area contributed by atoms with Crippen molar-refractivity contribution in [1.82, 2.24) is 10.2 Å². The number of hydrogen-bond donors (Lipinski definition) is 3. The number of carbonyl (C=O) groups excluding carboxylic acids is 1. The molecule has 17 heavy (non-hydrogen) atoms. The van der Waals surface area contributed by atoms with Crippen molar-refractivity contribution in [3.05, 3.63) is 42.1 Å². The molecule has 1 aromatic heterocycles. The summed E-state index contributed by atoms with van der Waals surface area (Å²) in [6.07, 6.45) is 1.52. The SMILES string of the molecule is Nc1ccc(C(=O)Nc2cccnn2)c(N)c1. The molecular formula is C11H11N5O. The second-order valence-electron chi connectivity index (χ2n) is 3.41. The third-order valence-electron chi connectivity index (χ3n) is 2.13. The zero-order valence-corrected chi connectivity index (χ0v) is 8.92. The molecule has 0 aliphatic rings. The fourth-order valence-electron chi connectivity index (χ4n) is 1.34. The molecule has 0 unspecified atom stereocenters. The minimum absolute atomic E-state index is 0.325. The maximum absolute atomic E-state index is 11.8. The number of nitrogen functional groups attached to an aromatic ring is 2. The van der Waals surface area contributed by atoms with Gasteiger partial charge >= 0.3 is 0 Å². The lowest BCUT2D eigenvalue weighted by Gasteiger charge is -2.06. The Morgan fingerprint density at radius 3 is 2.71 bits per heavy atom. The average molecular weight is 229 g/mol. The van der Waals surface area contributed by atoms with E-state index in [4.69, 9.17) is 11.5 Å². The first-order chi connectivity index (χ1) is 8.16. The molecule has 6 heteroatoms. The van der Waals surface area contributed by atoms with Crippen LogP contribution in [-0.4, -0.2) is 16.1 Å². The van der Waals surface area contributed by atoms with Gasteiger partial charge in [0.1, 0.15) is 0 Å². The molecule has 0 aliphatic heterocycles. The van der Waals surface area contributed by atoms with Gasteiger partial charge in [0, 0.05) is 17.6 Å². The lowest BCUT2D eigenvalue weighted by molar-refractivity contribution is 0.102. The molecule has 86 valence electrons. The Labute approximate surface area is 97.7 Å². The van der Waals surface area contributed by atoms with E-state index >= 15 is 0 Å². The zero-order valence-electron chi connectivity index (χ0n) is 8.92. The second-order valence-corrected chi connectivity index (χ2v) is 3.41. The van der Waals surface area contributed by atoms with Gasteiger partial charge in [0.15, 0.2) is 5.82 Å². The van der Waals surface area contributed by atoms with Crippen molar-refractivity contribution in [2.75, 3.05) is 16.8 Å². The number of anilines is 3. The quantitative estimate of drug-likeness (QED) is 0.663. The molecule has 1 amide bonds. The van der Waals surface area contributed by atoms with Gasteiger partial charge in [-0.25, -0.2) is 0 Å². The molecule has 0 fully saturated rings. The number of carbonyl (C=O) groups is 1. The van der Waals surface area contributed by atoms with Gasteiger partial charge in [-0.05, 0) is 30.3 Å². The van der Waals surface area contributed by atoms with E-state index in [0.29, 0.717) is 22.8 Å². The molecular weight excluding hydrogens is 218 g/mol. The number of nitrogens with one attached hydrogen (secondary N) is 1. The lowest BCUT2D eigenvalue weighted by atomic mass is 10.1. The Bertz CT molecular complexity index is 541. The topological polar surface area (TPSA) is 107 Å². The molecule has 2 aromatic rings. The molecule has 0 bridgehead atoms. The Morgan fingerprint density at radius 1 is 1.24 bits per heavy atom. The first kappa shape index (κ1) is 10.9. The number of nitrogens with zero attached hydrogens (tertiary/aromatic N) is 2. The predicted octanol–water partition coefficient (Wildman–Crippen LogP) is 0.893. The molecule has 0 aliphatic carbocycles. The third kappa shape index (κ3) is 2.49. The largest absolute Gasteiger partial charge is 0.399 e. The fourth-order valence-corrected chi connectivity index (χ4v) is 1.34. The molecule has 6 nitrogen and oxygen atoms in total. The molecule has 0 spiro atoms. The van der Waals surface area contributed by atoms with Gasteiger partial charge in [-0.1, -0.05) is 0 Å². The molecule has 0 saturated carbocycles. The fraction of sp³-hybridized carbons (Fsp3) is 0. The average Bonchev–Trinajstić information content (AvgIpc) is 2.30. The number of amides is 1. The smallest absolute Gasteiger partial charge is 0.258 e. The second kappa shape index (κ2) is 4.48. The minimum atomic E-state index is -0.344. The highest BCUT2D eigenvalue weighted by atomic mass is 16.1. The summed E-state index contributed by atoms with van der Waals surface area (Å²) in [5.41, 5.74) is 12.4. The van der Waals surface area contributed by atoms with E-state index in [2.05, 4.69) is 15.5 Å². The Kier molecular flexibility index (Phi) is 2.87. The van der Waals surface area contributed by atoms with Crippen molar-refractivity contribution in [3.8, 4) is 0 Å². The number of nitrogens with two attached hydrogens (primary N) is 2. The summed E-state index contributed by atoms with van der Waals surface area (Å²) >= 11 is 0. The summed E-state index contributed by atoms with van der Waals surface area (Å²) in [4.78, 5) is 11.8. The molecule has 0 radical (unpaired) electrons. The normalized spacial score (nSPS) is 9.88. The number of hydrogen-bond acceptors (Lipinski definition) is 5. The molecule has 2 rings (SSSR count). The van der Waals surface area contributed by atoms with Gasteiger partial charge in [0.2, 0.25) is 0 Å². The van der Waals surface area contributed by atoms with Gasteiger partial charge in [0.25, 0.3) is 5.91 Å². The molecule has 1 aromatic carbocycles. The maximum atomic E-state index is 11.8. The zero-order chi connectivity index (χ0) is 12.3. The van der Waals surface area contributed by atoms with Crippen LogP contribution >= 0.6 is 0 Å². The lowest BCUT2D eigenvalue weighted by Crippen LogP contribution is -2.15.